The third-order valence-corrected chi connectivity index (χ3v) is 3.93. The molecule has 0 bridgehead atoms. The Morgan fingerprint density at radius 2 is 1.65 bits per heavy atom. The third kappa shape index (κ3) is 4.29. The molecule has 2 unspecified atom stereocenters. The van der Waals surface area contributed by atoms with Gasteiger partial charge in [0.1, 0.15) is 11.6 Å². The Morgan fingerprint density at radius 3 is 2.10 bits per heavy atom. The van der Waals surface area contributed by atoms with Crippen LogP contribution in [0.4, 0.5) is 0 Å². The van der Waals surface area contributed by atoms with E-state index in [4.69, 9.17) is 0 Å². The highest BCUT2D eigenvalue weighted by Crippen LogP contribution is 2.32. The minimum atomic E-state index is -0.359. The number of benzene rings is 1. The van der Waals surface area contributed by atoms with Crippen LogP contribution >= 0.6 is 0 Å². The molecule has 0 fully saturated rings. The smallest absolute Gasteiger partial charge is 0.138 e. The number of rotatable bonds is 6. The summed E-state index contributed by atoms with van der Waals surface area (Å²) in [7, 11) is 0. The average molecular weight is 274 g/mol. The van der Waals surface area contributed by atoms with Crippen molar-refractivity contribution in [3.05, 3.63) is 35.9 Å². The summed E-state index contributed by atoms with van der Waals surface area (Å²) in [6.45, 7) is 9.63. The van der Waals surface area contributed by atoms with Gasteiger partial charge < -0.3 is 0 Å². The fraction of sp³-hybridized carbons (Fsp3) is 0.556. The summed E-state index contributed by atoms with van der Waals surface area (Å²) in [6, 6.07) is 9.92. The van der Waals surface area contributed by atoms with E-state index in [0.717, 1.165) is 5.56 Å². The van der Waals surface area contributed by atoms with Gasteiger partial charge >= 0.3 is 0 Å². The van der Waals surface area contributed by atoms with Gasteiger partial charge in [0.2, 0.25) is 0 Å². The lowest BCUT2D eigenvalue weighted by Crippen LogP contribution is -2.27. The van der Waals surface area contributed by atoms with Gasteiger partial charge in [-0.05, 0) is 5.56 Å². The molecule has 0 heterocycles. The molecular weight excluding hydrogens is 248 g/mol. The van der Waals surface area contributed by atoms with Crippen molar-refractivity contribution >= 4 is 11.6 Å². The van der Waals surface area contributed by atoms with Crippen LogP contribution in [0, 0.1) is 11.3 Å². The van der Waals surface area contributed by atoms with Crippen molar-refractivity contribution in [3.63, 3.8) is 0 Å². The van der Waals surface area contributed by atoms with Crippen LogP contribution in [0.15, 0.2) is 30.3 Å². The Hall–Kier alpha value is -1.44. The van der Waals surface area contributed by atoms with E-state index in [1.165, 1.54) is 0 Å². The van der Waals surface area contributed by atoms with E-state index in [2.05, 4.69) is 0 Å². The van der Waals surface area contributed by atoms with Crippen LogP contribution in [0.1, 0.15) is 58.9 Å². The maximum absolute atomic E-state index is 12.4. The molecule has 0 aliphatic rings. The predicted octanol–water partition coefficient (Wildman–Crippen LogP) is 4.39. The number of ketones is 2. The molecule has 2 heteroatoms. The van der Waals surface area contributed by atoms with Gasteiger partial charge in [-0.1, -0.05) is 65.0 Å². The van der Waals surface area contributed by atoms with E-state index in [-0.39, 0.29) is 28.8 Å². The highest BCUT2D eigenvalue weighted by atomic mass is 16.1. The van der Waals surface area contributed by atoms with E-state index >= 15 is 0 Å². The van der Waals surface area contributed by atoms with Crippen LogP contribution in [0.3, 0.4) is 0 Å². The normalized spacial score (nSPS) is 14.7. The van der Waals surface area contributed by atoms with Gasteiger partial charge in [0.05, 0.1) is 0 Å². The van der Waals surface area contributed by atoms with Gasteiger partial charge in [0.15, 0.2) is 0 Å². The zero-order valence-electron chi connectivity index (χ0n) is 13.3. The molecule has 0 saturated heterocycles. The van der Waals surface area contributed by atoms with Crippen molar-refractivity contribution in [3.8, 4) is 0 Å². The van der Waals surface area contributed by atoms with Crippen molar-refractivity contribution in [2.75, 3.05) is 0 Å². The number of hydrogen-bond acceptors (Lipinski definition) is 2. The topological polar surface area (TPSA) is 34.1 Å². The molecule has 0 spiro atoms. The molecule has 1 rings (SSSR count). The molecule has 0 N–H and O–H groups in total. The summed E-state index contributed by atoms with van der Waals surface area (Å²) in [5.74, 6) is 0.298. The molecule has 0 aromatic heterocycles. The molecular formula is C18H26O2. The van der Waals surface area contributed by atoms with Crippen LogP contribution in [0.5, 0.6) is 0 Å². The van der Waals surface area contributed by atoms with E-state index in [1.54, 1.807) is 0 Å². The quantitative estimate of drug-likeness (QED) is 0.771. The van der Waals surface area contributed by atoms with Gasteiger partial charge in [-0.3, -0.25) is 9.59 Å². The monoisotopic (exact) mass is 274 g/mol. The molecule has 0 aliphatic carbocycles. The van der Waals surface area contributed by atoms with Crippen molar-refractivity contribution in [2.45, 2.75) is 53.4 Å². The molecule has 1 aromatic rings. The van der Waals surface area contributed by atoms with Crippen LogP contribution in [0.25, 0.3) is 0 Å². The Balaban J connectivity index is 3.03. The second kappa shape index (κ2) is 6.83. The minimum absolute atomic E-state index is 0.0182. The second-order valence-electron chi connectivity index (χ2n) is 6.50. The fourth-order valence-electron chi connectivity index (χ4n) is 2.34. The van der Waals surface area contributed by atoms with Gasteiger partial charge in [0.25, 0.3) is 0 Å². The van der Waals surface area contributed by atoms with Crippen molar-refractivity contribution in [1.82, 2.24) is 0 Å². The van der Waals surface area contributed by atoms with Crippen LogP contribution < -0.4 is 0 Å². The molecule has 110 valence electrons. The largest absolute Gasteiger partial charge is 0.299 e. The molecule has 0 amide bonds. The van der Waals surface area contributed by atoms with Crippen LogP contribution in [-0.2, 0) is 9.59 Å². The van der Waals surface area contributed by atoms with Crippen LogP contribution in [-0.4, -0.2) is 11.6 Å². The highest BCUT2D eigenvalue weighted by molar-refractivity contribution is 5.86. The lowest BCUT2D eigenvalue weighted by atomic mass is 9.76. The Bertz CT molecular complexity index is 454. The second-order valence-corrected chi connectivity index (χ2v) is 6.50. The molecule has 0 aliphatic heterocycles. The van der Waals surface area contributed by atoms with Crippen LogP contribution in [0.2, 0.25) is 0 Å². The Labute approximate surface area is 122 Å². The molecule has 2 nitrogen and oxygen atoms in total. The first-order valence-corrected chi connectivity index (χ1v) is 7.38. The molecule has 2 atom stereocenters. The summed E-state index contributed by atoms with van der Waals surface area (Å²) in [5.41, 5.74) is 0.724. The minimum Gasteiger partial charge on any atom is -0.299 e. The standard InChI is InChI=1S/C18H26O2/c1-6-16(19)13(2)15(12-17(20)18(3,4)5)14-10-8-7-9-11-14/h7-11,13,15H,6,12H2,1-5H3. The number of carbonyl (C=O) groups excluding carboxylic acids is 2. The molecule has 20 heavy (non-hydrogen) atoms. The van der Waals surface area contributed by atoms with Gasteiger partial charge in [-0.25, -0.2) is 0 Å². The van der Waals surface area contributed by atoms with E-state index in [0.29, 0.717) is 12.8 Å². The van der Waals surface area contributed by atoms with Crippen molar-refractivity contribution < 1.29 is 9.59 Å². The number of hydrogen-bond donors (Lipinski definition) is 0. The highest BCUT2D eigenvalue weighted by Gasteiger charge is 2.30. The van der Waals surface area contributed by atoms with E-state index < -0.39 is 0 Å². The zero-order valence-corrected chi connectivity index (χ0v) is 13.3. The number of Topliss-reactive ketones (excluding diaryl/α,β-unsaturated/α-hetero) is 2. The first-order valence-electron chi connectivity index (χ1n) is 7.38. The lowest BCUT2D eigenvalue weighted by molar-refractivity contribution is -0.128. The van der Waals surface area contributed by atoms with Gasteiger partial charge in [0, 0.05) is 30.1 Å². The lowest BCUT2D eigenvalue weighted by Gasteiger charge is -2.26. The van der Waals surface area contributed by atoms with E-state index in [9.17, 15) is 9.59 Å². The summed E-state index contributed by atoms with van der Waals surface area (Å²) in [6.07, 6.45) is 0.953. The Kier molecular flexibility index (Phi) is 5.67. The summed E-state index contributed by atoms with van der Waals surface area (Å²) in [5, 5.41) is 0. The van der Waals surface area contributed by atoms with Gasteiger partial charge in [-0.15, -0.1) is 0 Å². The zero-order chi connectivity index (χ0) is 15.3. The SMILES string of the molecule is CCC(=O)C(C)C(CC(=O)C(C)(C)C)c1ccccc1. The Morgan fingerprint density at radius 1 is 1.10 bits per heavy atom. The van der Waals surface area contributed by atoms with E-state index in [1.807, 2.05) is 65.0 Å². The van der Waals surface area contributed by atoms with Gasteiger partial charge in [-0.2, -0.15) is 0 Å². The summed E-state index contributed by atoms with van der Waals surface area (Å²) in [4.78, 5) is 24.4. The first kappa shape index (κ1) is 16.6. The maximum Gasteiger partial charge on any atom is 0.138 e. The number of carbonyl (C=O) groups is 2. The third-order valence-electron chi connectivity index (χ3n) is 3.93. The average Bonchev–Trinajstić information content (AvgIpc) is 2.42. The molecule has 1 aromatic carbocycles. The maximum atomic E-state index is 12.4. The van der Waals surface area contributed by atoms with Crippen molar-refractivity contribution in [1.29, 1.82) is 0 Å². The summed E-state index contributed by atoms with van der Waals surface area (Å²) >= 11 is 0. The van der Waals surface area contributed by atoms with Crippen molar-refractivity contribution in [2.24, 2.45) is 11.3 Å². The summed E-state index contributed by atoms with van der Waals surface area (Å²) < 4.78 is 0. The first-order chi connectivity index (χ1) is 9.27. The predicted molar refractivity (Wildman–Crippen MR) is 82.7 cm³/mol. The molecule has 0 saturated carbocycles. The fourth-order valence-corrected chi connectivity index (χ4v) is 2.34. The molecule has 0 radical (unpaired) electrons.